The summed E-state index contributed by atoms with van der Waals surface area (Å²) >= 11 is 1.32. The molecule has 2 aromatic carbocycles. The molecule has 0 bridgehead atoms. The number of benzene rings is 2. The fourth-order valence-electron chi connectivity index (χ4n) is 4.39. The van der Waals surface area contributed by atoms with Crippen molar-refractivity contribution in [2.45, 2.75) is 63.5 Å². The topological polar surface area (TPSA) is 70.6 Å². The van der Waals surface area contributed by atoms with E-state index < -0.39 is 5.25 Å². The molecule has 0 spiro atoms. The van der Waals surface area contributed by atoms with Gasteiger partial charge in [0.2, 0.25) is 11.8 Å². The standard InChI is InChI=1S/C25H29N3O2S/c1-16-12-17(2)14-21(13-16)26-23(29)15-22-24(30)28-25(31-22)27-20-10-8-19(9-11-20)18-6-4-3-5-7-18/h8-14,18,22H,3-7,15H2,1-2H3,(H,26,29)(H,27,28,30)/t22-/m1/s1. The van der Waals surface area contributed by atoms with Gasteiger partial charge in [-0.2, -0.15) is 0 Å². The highest BCUT2D eigenvalue weighted by atomic mass is 32.2. The van der Waals surface area contributed by atoms with Gasteiger partial charge in [0.15, 0.2) is 5.17 Å². The molecule has 2 amide bonds. The van der Waals surface area contributed by atoms with Crippen LogP contribution < -0.4 is 10.6 Å². The minimum absolute atomic E-state index is 0.114. The molecule has 1 aliphatic carbocycles. The summed E-state index contributed by atoms with van der Waals surface area (Å²) < 4.78 is 0. The largest absolute Gasteiger partial charge is 0.326 e. The van der Waals surface area contributed by atoms with E-state index in [1.807, 2.05) is 38.1 Å². The Kier molecular flexibility index (Phi) is 6.76. The summed E-state index contributed by atoms with van der Waals surface area (Å²) in [5.74, 6) is 0.324. The van der Waals surface area contributed by atoms with Gasteiger partial charge in [-0.25, -0.2) is 4.99 Å². The molecular formula is C25H29N3O2S. The van der Waals surface area contributed by atoms with Crippen LogP contribution in [-0.4, -0.2) is 22.2 Å². The van der Waals surface area contributed by atoms with Crippen LogP contribution in [0.3, 0.4) is 0 Å². The van der Waals surface area contributed by atoms with Crippen LogP contribution in [0.4, 0.5) is 11.4 Å². The van der Waals surface area contributed by atoms with Crippen molar-refractivity contribution < 1.29 is 9.59 Å². The molecule has 2 fully saturated rings. The van der Waals surface area contributed by atoms with E-state index in [4.69, 9.17) is 0 Å². The first kappa shape index (κ1) is 21.6. The Bertz CT molecular complexity index is 974. The second kappa shape index (κ2) is 9.69. The number of hydrogen-bond donors (Lipinski definition) is 2. The van der Waals surface area contributed by atoms with Crippen molar-refractivity contribution in [1.82, 2.24) is 5.32 Å². The van der Waals surface area contributed by atoms with Crippen molar-refractivity contribution in [2.75, 3.05) is 5.32 Å². The second-order valence-corrected chi connectivity index (χ2v) is 9.76. The molecule has 1 heterocycles. The lowest BCUT2D eigenvalue weighted by Gasteiger charge is -2.21. The average Bonchev–Trinajstić information content (AvgIpc) is 3.07. The van der Waals surface area contributed by atoms with Gasteiger partial charge in [-0.15, -0.1) is 0 Å². The Balaban J connectivity index is 1.35. The van der Waals surface area contributed by atoms with E-state index in [1.54, 1.807) is 0 Å². The number of carbonyl (C=O) groups excluding carboxylic acids is 2. The Hall–Kier alpha value is -2.60. The molecular weight excluding hydrogens is 406 g/mol. The summed E-state index contributed by atoms with van der Waals surface area (Å²) in [6, 6.07) is 14.3. The lowest BCUT2D eigenvalue weighted by molar-refractivity contribution is -0.122. The van der Waals surface area contributed by atoms with Gasteiger partial charge in [-0.05, 0) is 73.6 Å². The lowest BCUT2D eigenvalue weighted by Crippen LogP contribution is -2.28. The Morgan fingerprint density at radius 3 is 2.42 bits per heavy atom. The monoisotopic (exact) mass is 435 g/mol. The molecule has 2 aliphatic rings. The summed E-state index contributed by atoms with van der Waals surface area (Å²) in [4.78, 5) is 29.4. The zero-order chi connectivity index (χ0) is 21.8. The number of rotatable bonds is 5. The number of carbonyl (C=O) groups is 2. The number of aryl methyl sites for hydroxylation is 2. The second-order valence-electron chi connectivity index (χ2n) is 8.57. The summed E-state index contributed by atoms with van der Waals surface area (Å²) in [6.45, 7) is 3.99. The molecule has 0 radical (unpaired) electrons. The van der Waals surface area contributed by atoms with Crippen LogP contribution in [0, 0.1) is 13.8 Å². The molecule has 4 rings (SSSR count). The zero-order valence-electron chi connectivity index (χ0n) is 18.1. The maximum absolute atomic E-state index is 12.4. The molecule has 2 aromatic rings. The van der Waals surface area contributed by atoms with Gasteiger partial charge in [0, 0.05) is 12.1 Å². The molecule has 162 valence electrons. The van der Waals surface area contributed by atoms with Crippen LogP contribution >= 0.6 is 11.8 Å². The lowest BCUT2D eigenvalue weighted by atomic mass is 9.84. The number of hydrogen-bond acceptors (Lipinski definition) is 4. The highest BCUT2D eigenvalue weighted by Gasteiger charge is 2.32. The van der Waals surface area contributed by atoms with Crippen LogP contribution in [0.15, 0.2) is 47.5 Å². The third-order valence-electron chi connectivity index (χ3n) is 5.85. The minimum Gasteiger partial charge on any atom is -0.326 e. The molecule has 31 heavy (non-hydrogen) atoms. The van der Waals surface area contributed by atoms with Gasteiger partial charge in [0.05, 0.1) is 5.69 Å². The number of nitrogens with zero attached hydrogens (tertiary/aromatic N) is 1. The van der Waals surface area contributed by atoms with Gasteiger partial charge in [-0.1, -0.05) is 49.2 Å². The van der Waals surface area contributed by atoms with E-state index in [0.29, 0.717) is 11.1 Å². The first-order chi connectivity index (χ1) is 15.0. The van der Waals surface area contributed by atoms with Crippen LogP contribution in [0.2, 0.25) is 0 Å². The third kappa shape index (κ3) is 5.76. The summed E-state index contributed by atoms with van der Waals surface area (Å²) in [7, 11) is 0. The van der Waals surface area contributed by atoms with Crippen molar-refractivity contribution in [1.29, 1.82) is 0 Å². The van der Waals surface area contributed by atoms with Gasteiger partial charge in [0.25, 0.3) is 0 Å². The highest BCUT2D eigenvalue weighted by molar-refractivity contribution is 8.15. The normalized spacial score (nSPS) is 20.6. The third-order valence-corrected chi connectivity index (χ3v) is 6.93. The number of amides is 2. The first-order valence-corrected chi connectivity index (χ1v) is 11.9. The van der Waals surface area contributed by atoms with Crippen molar-refractivity contribution >= 4 is 40.1 Å². The molecule has 5 nitrogen and oxygen atoms in total. The number of amidine groups is 1. The van der Waals surface area contributed by atoms with Crippen molar-refractivity contribution in [3.05, 3.63) is 59.2 Å². The summed E-state index contributed by atoms with van der Waals surface area (Å²) in [6.07, 6.45) is 6.63. The zero-order valence-corrected chi connectivity index (χ0v) is 18.9. The molecule has 0 unspecified atom stereocenters. The number of anilines is 1. The summed E-state index contributed by atoms with van der Waals surface area (Å²) in [5.41, 5.74) is 5.15. The Morgan fingerprint density at radius 1 is 1.06 bits per heavy atom. The number of nitrogens with one attached hydrogen (secondary N) is 2. The maximum Gasteiger partial charge on any atom is 0.240 e. The van der Waals surface area contributed by atoms with Crippen LogP contribution in [0.1, 0.15) is 61.1 Å². The predicted molar refractivity (Wildman–Crippen MR) is 128 cm³/mol. The molecule has 1 atom stereocenters. The van der Waals surface area contributed by atoms with E-state index in [0.717, 1.165) is 22.5 Å². The van der Waals surface area contributed by atoms with E-state index in [-0.39, 0.29) is 18.2 Å². The van der Waals surface area contributed by atoms with E-state index >= 15 is 0 Å². The molecule has 1 aliphatic heterocycles. The molecule has 6 heteroatoms. The first-order valence-electron chi connectivity index (χ1n) is 11.0. The van der Waals surface area contributed by atoms with Crippen molar-refractivity contribution in [3.63, 3.8) is 0 Å². The molecule has 0 aromatic heterocycles. The maximum atomic E-state index is 12.4. The van der Waals surface area contributed by atoms with Crippen LogP contribution in [-0.2, 0) is 9.59 Å². The molecule has 1 saturated heterocycles. The molecule has 2 N–H and O–H groups in total. The van der Waals surface area contributed by atoms with Gasteiger partial charge in [-0.3, -0.25) is 9.59 Å². The number of aliphatic imine (C=N–C) groups is 1. The predicted octanol–water partition coefficient (Wildman–Crippen LogP) is 5.60. The summed E-state index contributed by atoms with van der Waals surface area (Å²) in [5, 5.41) is 5.80. The van der Waals surface area contributed by atoms with Gasteiger partial charge >= 0.3 is 0 Å². The number of thioether (sulfide) groups is 1. The molecule has 1 saturated carbocycles. The quantitative estimate of drug-likeness (QED) is 0.642. The fraction of sp³-hybridized carbons (Fsp3) is 0.400. The Labute approximate surface area is 188 Å². The van der Waals surface area contributed by atoms with Crippen molar-refractivity contribution in [3.8, 4) is 0 Å². The van der Waals surface area contributed by atoms with E-state index in [1.165, 1.54) is 49.4 Å². The van der Waals surface area contributed by atoms with E-state index in [2.05, 4.69) is 33.8 Å². The van der Waals surface area contributed by atoms with E-state index in [9.17, 15) is 9.59 Å². The smallest absolute Gasteiger partial charge is 0.240 e. The van der Waals surface area contributed by atoms with Gasteiger partial charge < -0.3 is 10.6 Å². The average molecular weight is 436 g/mol. The SMILES string of the molecule is Cc1cc(C)cc(NC(=O)C[C@H]2SC(=Nc3ccc(C4CCCCC4)cc3)NC2=O)c1. The fourth-order valence-corrected chi connectivity index (χ4v) is 5.38. The van der Waals surface area contributed by atoms with Gasteiger partial charge in [0.1, 0.15) is 5.25 Å². The highest BCUT2D eigenvalue weighted by Crippen LogP contribution is 2.33. The Morgan fingerprint density at radius 2 is 1.74 bits per heavy atom. The minimum atomic E-state index is -0.467. The van der Waals surface area contributed by atoms with Crippen LogP contribution in [0.5, 0.6) is 0 Å². The van der Waals surface area contributed by atoms with Crippen molar-refractivity contribution in [2.24, 2.45) is 4.99 Å². The van der Waals surface area contributed by atoms with Crippen LogP contribution in [0.25, 0.3) is 0 Å².